The van der Waals surface area contributed by atoms with E-state index in [1.807, 2.05) is 0 Å². The number of aliphatic hydroxyl groups excluding tert-OH is 1. The SMILES string of the molecule is C=CC(=O)O.C=CC(=O)O.OCCOc1nc(O)nc(O)n1. The molecule has 1 rings (SSSR count). The normalized spacial score (nSPS) is 8.23. The number of aromatic hydroxyl groups is 2. The molecule has 0 spiro atoms. The third-order valence-corrected chi connectivity index (χ3v) is 1.26. The fraction of sp³-hybridized carbons (Fsp3) is 0.182. The molecule has 0 fully saturated rings. The number of carboxylic acid groups (broad SMARTS) is 2. The monoisotopic (exact) mass is 317 g/mol. The lowest BCUT2D eigenvalue weighted by Crippen LogP contribution is -2.05. The van der Waals surface area contributed by atoms with E-state index in [1.165, 1.54) is 0 Å². The minimum atomic E-state index is -0.981. The Hall–Kier alpha value is -3.21. The number of carbonyl (C=O) groups is 2. The number of aliphatic carboxylic acids is 2. The van der Waals surface area contributed by atoms with E-state index < -0.39 is 24.0 Å². The summed E-state index contributed by atoms with van der Waals surface area (Å²) in [5.41, 5.74) is 0. The van der Waals surface area contributed by atoms with Gasteiger partial charge in [-0.2, -0.15) is 0 Å². The minimum absolute atomic E-state index is 0.0110. The highest BCUT2D eigenvalue weighted by molar-refractivity contribution is 5.79. The van der Waals surface area contributed by atoms with E-state index in [0.29, 0.717) is 0 Å². The van der Waals surface area contributed by atoms with Gasteiger partial charge in [-0.3, -0.25) is 0 Å². The van der Waals surface area contributed by atoms with Gasteiger partial charge in [0.25, 0.3) is 0 Å². The lowest BCUT2D eigenvalue weighted by molar-refractivity contribution is -0.132. The van der Waals surface area contributed by atoms with E-state index >= 15 is 0 Å². The van der Waals surface area contributed by atoms with E-state index in [4.69, 9.17) is 25.5 Å². The molecular weight excluding hydrogens is 302 g/mol. The van der Waals surface area contributed by atoms with Gasteiger partial charge in [0.2, 0.25) is 0 Å². The zero-order valence-corrected chi connectivity index (χ0v) is 11.3. The van der Waals surface area contributed by atoms with E-state index in [0.717, 1.165) is 12.2 Å². The first-order chi connectivity index (χ1) is 10.3. The van der Waals surface area contributed by atoms with Crippen LogP contribution in [0.1, 0.15) is 0 Å². The lowest BCUT2D eigenvalue weighted by Gasteiger charge is -2.00. The van der Waals surface area contributed by atoms with Crippen LogP contribution in [0.5, 0.6) is 18.0 Å². The van der Waals surface area contributed by atoms with Crippen molar-refractivity contribution in [3.8, 4) is 18.0 Å². The molecule has 5 N–H and O–H groups in total. The summed E-state index contributed by atoms with van der Waals surface area (Å²) in [7, 11) is 0. The van der Waals surface area contributed by atoms with Crippen LogP contribution in [0, 0.1) is 0 Å². The Morgan fingerprint density at radius 3 is 1.64 bits per heavy atom. The average molecular weight is 317 g/mol. The van der Waals surface area contributed by atoms with Crippen LogP contribution in [0.4, 0.5) is 0 Å². The van der Waals surface area contributed by atoms with Gasteiger partial charge in [-0.15, -0.1) is 15.0 Å². The van der Waals surface area contributed by atoms with Gasteiger partial charge in [-0.1, -0.05) is 13.2 Å². The first-order valence-corrected chi connectivity index (χ1v) is 5.35. The Labute approximate surface area is 124 Å². The molecule has 0 saturated heterocycles. The van der Waals surface area contributed by atoms with Gasteiger partial charge < -0.3 is 30.3 Å². The van der Waals surface area contributed by atoms with Crippen LogP contribution in [-0.2, 0) is 9.59 Å². The second kappa shape index (κ2) is 12.8. The number of aromatic nitrogens is 3. The molecule has 1 heterocycles. The Kier molecular flexibility index (Phi) is 12.3. The second-order valence-electron chi connectivity index (χ2n) is 2.87. The van der Waals surface area contributed by atoms with Gasteiger partial charge in [-0.05, 0) is 0 Å². The van der Waals surface area contributed by atoms with Crippen molar-refractivity contribution >= 4 is 11.9 Å². The fourth-order valence-corrected chi connectivity index (χ4v) is 0.537. The zero-order chi connectivity index (χ0) is 17.5. The number of hydrogen-bond donors (Lipinski definition) is 5. The van der Waals surface area contributed by atoms with Crippen molar-refractivity contribution in [3.05, 3.63) is 25.3 Å². The molecule has 0 aliphatic heterocycles. The number of aliphatic hydroxyl groups is 1. The summed E-state index contributed by atoms with van der Waals surface area (Å²) in [5, 5.41) is 41.0. The van der Waals surface area contributed by atoms with Gasteiger partial charge in [0, 0.05) is 12.2 Å². The molecule has 0 bridgehead atoms. The van der Waals surface area contributed by atoms with Gasteiger partial charge >= 0.3 is 30.0 Å². The predicted molar refractivity (Wildman–Crippen MR) is 71.4 cm³/mol. The van der Waals surface area contributed by atoms with Crippen LogP contribution in [0.25, 0.3) is 0 Å². The molecule has 0 aliphatic rings. The first kappa shape index (κ1) is 21.1. The summed E-state index contributed by atoms with van der Waals surface area (Å²) in [5.74, 6) is -1.96. The maximum atomic E-state index is 9.25. The summed E-state index contributed by atoms with van der Waals surface area (Å²) in [6, 6.07) is -1.49. The number of ether oxygens (including phenoxy) is 1. The van der Waals surface area contributed by atoms with Gasteiger partial charge in [0.1, 0.15) is 6.61 Å². The van der Waals surface area contributed by atoms with Crippen LogP contribution in [0.15, 0.2) is 25.3 Å². The number of carboxylic acids is 2. The van der Waals surface area contributed by atoms with Crippen LogP contribution in [0.2, 0.25) is 0 Å². The molecule has 122 valence electrons. The maximum Gasteiger partial charge on any atom is 0.327 e. The Morgan fingerprint density at radius 2 is 1.36 bits per heavy atom. The molecule has 22 heavy (non-hydrogen) atoms. The predicted octanol–water partition coefficient (Wildman–Crippen LogP) is -0.832. The number of nitrogens with zero attached hydrogens (tertiary/aromatic N) is 3. The summed E-state index contributed by atoms with van der Waals surface area (Å²) in [6.45, 7) is 5.71. The zero-order valence-electron chi connectivity index (χ0n) is 11.3. The first-order valence-electron chi connectivity index (χ1n) is 5.35. The fourth-order valence-electron chi connectivity index (χ4n) is 0.537. The summed E-state index contributed by atoms with van der Waals surface area (Å²) >= 11 is 0. The summed E-state index contributed by atoms with van der Waals surface area (Å²) < 4.78 is 4.68. The van der Waals surface area contributed by atoms with Crippen molar-refractivity contribution < 1.29 is 39.9 Å². The van der Waals surface area contributed by atoms with Gasteiger partial charge in [0.15, 0.2) is 0 Å². The molecule has 1 aromatic heterocycles. The van der Waals surface area contributed by atoms with E-state index in [9.17, 15) is 9.59 Å². The van der Waals surface area contributed by atoms with E-state index in [-0.39, 0.29) is 19.2 Å². The highest BCUT2D eigenvalue weighted by Gasteiger charge is 2.03. The second-order valence-corrected chi connectivity index (χ2v) is 2.87. The molecule has 1 aromatic rings. The van der Waals surface area contributed by atoms with E-state index in [2.05, 4.69) is 32.8 Å². The van der Waals surface area contributed by atoms with Crippen molar-refractivity contribution in [2.24, 2.45) is 0 Å². The third-order valence-electron chi connectivity index (χ3n) is 1.26. The molecule has 0 aromatic carbocycles. The minimum Gasteiger partial charge on any atom is -0.479 e. The van der Waals surface area contributed by atoms with Crippen molar-refractivity contribution in [1.29, 1.82) is 0 Å². The van der Waals surface area contributed by atoms with Crippen molar-refractivity contribution in [3.63, 3.8) is 0 Å². The van der Waals surface area contributed by atoms with Crippen molar-refractivity contribution in [2.45, 2.75) is 0 Å². The quantitative estimate of drug-likeness (QED) is 0.427. The molecule has 0 radical (unpaired) electrons. The molecule has 11 heteroatoms. The lowest BCUT2D eigenvalue weighted by atomic mass is 10.7. The van der Waals surface area contributed by atoms with Crippen LogP contribution < -0.4 is 4.74 Å². The standard InChI is InChI=1S/C5H7N3O4.2C3H4O2/c9-1-2-12-5-7-3(10)6-4(11)8-5;2*1-2-3(4)5/h9H,1-2H2,(H2,6,7,8,10,11);2*2H,1H2,(H,4,5). The van der Waals surface area contributed by atoms with Crippen molar-refractivity contribution in [2.75, 3.05) is 13.2 Å². The van der Waals surface area contributed by atoms with Crippen LogP contribution in [-0.4, -0.2) is 65.6 Å². The van der Waals surface area contributed by atoms with Crippen LogP contribution >= 0.6 is 0 Å². The largest absolute Gasteiger partial charge is 0.479 e. The van der Waals surface area contributed by atoms with Gasteiger partial charge in [0.05, 0.1) is 6.61 Å². The Morgan fingerprint density at radius 1 is 1.00 bits per heavy atom. The smallest absolute Gasteiger partial charge is 0.327 e. The highest BCUT2D eigenvalue weighted by atomic mass is 16.5. The van der Waals surface area contributed by atoms with Crippen molar-refractivity contribution in [1.82, 2.24) is 15.0 Å². The Balaban J connectivity index is 0. The average Bonchev–Trinajstić information content (AvgIpc) is 2.45. The molecule has 0 amide bonds. The Bertz CT molecular complexity index is 468. The highest BCUT2D eigenvalue weighted by Crippen LogP contribution is 2.10. The molecule has 0 unspecified atom stereocenters. The topological polar surface area (TPSA) is 183 Å². The van der Waals surface area contributed by atoms with Gasteiger partial charge in [-0.25, -0.2) is 9.59 Å². The molecule has 0 aliphatic carbocycles. The molecule has 0 atom stereocenters. The number of rotatable bonds is 5. The number of hydrogen-bond acceptors (Lipinski definition) is 9. The molecule has 0 saturated carbocycles. The van der Waals surface area contributed by atoms with E-state index in [1.54, 1.807) is 0 Å². The van der Waals surface area contributed by atoms with Crippen LogP contribution in [0.3, 0.4) is 0 Å². The summed E-state index contributed by atoms with van der Waals surface area (Å²) in [4.78, 5) is 28.2. The maximum absolute atomic E-state index is 9.25. The molecular formula is C11H15N3O8. The third kappa shape index (κ3) is 14.8. The molecule has 11 nitrogen and oxygen atoms in total. The summed E-state index contributed by atoms with van der Waals surface area (Å²) in [6.07, 6.45) is 1.67.